The lowest BCUT2D eigenvalue weighted by Gasteiger charge is -1.96. The van der Waals surface area contributed by atoms with Crippen LogP contribution in [0.25, 0.3) is 9.75 Å². The van der Waals surface area contributed by atoms with E-state index in [0.717, 1.165) is 5.75 Å². The summed E-state index contributed by atoms with van der Waals surface area (Å²) in [5.74, 6) is 1.02. The molecule has 0 atom stereocenters. The van der Waals surface area contributed by atoms with Crippen molar-refractivity contribution in [3.8, 4) is 9.75 Å². The molecule has 2 rings (SSSR count). The molecule has 0 unspecified atom stereocenters. The van der Waals surface area contributed by atoms with Gasteiger partial charge in [0.05, 0.1) is 0 Å². The quantitative estimate of drug-likeness (QED) is 0.545. The fraction of sp³-hybridized carbons (Fsp3) is 0.385. The summed E-state index contributed by atoms with van der Waals surface area (Å²) in [5.41, 5.74) is 0. The minimum atomic E-state index is 1.02. The molecule has 2 heterocycles. The number of thiophene rings is 2. The third kappa shape index (κ3) is 3.37. The lowest BCUT2D eigenvalue weighted by atomic mass is 10.2. The Hall–Kier alpha value is -0.250. The van der Waals surface area contributed by atoms with Crippen LogP contribution in [-0.2, 0) is 6.42 Å². The van der Waals surface area contributed by atoms with E-state index in [-0.39, 0.29) is 0 Å². The third-order valence-electron chi connectivity index (χ3n) is 2.51. The molecule has 0 amide bonds. The zero-order valence-corrected chi connectivity index (χ0v) is 11.7. The molecule has 0 saturated heterocycles. The van der Waals surface area contributed by atoms with E-state index in [1.807, 2.05) is 22.7 Å². The van der Waals surface area contributed by atoms with Gasteiger partial charge in [0.2, 0.25) is 0 Å². The molecule has 2 aromatic rings. The van der Waals surface area contributed by atoms with E-state index in [9.17, 15) is 0 Å². The molecule has 0 N–H and O–H groups in total. The van der Waals surface area contributed by atoms with Crippen LogP contribution < -0.4 is 0 Å². The maximum atomic E-state index is 4.23. The van der Waals surface area contributed by atoms with E-state index in [2.05, 4.69) is 42.3 Å². The van der Waals surface area contributed by atoms with Crippen LogP contribution in [0.3, 0.4) is 0 Å². The van der Waals surface area contributed by atoms with Gasteiger partial charge in [-0.15, -0.1) is 22.7 Å². The highest BCUT2D eigenvalue weighted by molar-refractivity contribution is 7.80. The second-order valence-electron chi connectivity index (χ2n) is 3.78. The molecule has 0 aliphatic carbocycles. The summed E-state index contributed by atoms with van der Waals surface area (Å²) >= 11 is 7.99. The summed E-state index contributed by atoms with van der Waals surface area (Å²) in [7, 11) is 0. The van der Waals surface area contributed by atoms with Crippen molar-refractivity contribution in [1.29, 1.82) is 0 Å². The van der Waals surface area contributed by atoms with Crippen LogP contribution in [0.4, 0.5) is 0 Å². The summed E-state index contributed by atoms with van der Waals surface area (Å²) in [6.07, 6.45) is 5.07. The molecule has 0 spiro atoms. The number of rotatable bonds is 6. The van der Waals surface area contributed by atoms with Crippen molar-refractivity contribution >= 4 is 35.3 Å². The molecule has 0 fully saturated rings. The van der Waals surface area contributed by atoms with Crippen LogP contribution in [-0.4, -0.2) is 5.75 Å². The first kappa shape index (κ1) is 12.2. The van der Waals surface area contributed by atoms with Crippen molar-refractivity contribution in [3.05, 3.63) is 34.5 Å². The van der Waals surface area contributed by atoms with E-state index >= 15 is 0 Å². The SMILES string of the molecule is SCCCCCc1ccc(-c2cccs2)s1. The van der Waals surface area contributed by atoms with Gasteiger partial charge >= 0.3 is 0 Å². The van der Waals surface area contributed by atoms with Gasteiger partial charge in [-0.3, -0.25) is 0 Å². The molecule has 2 aromatic heterocycles. The van der Waals surface area contributed by atoms with Crippen molar-refractivity contribution in [1.82, 2.24) is 0 Å². The molecule has 0 bridgehead atoms. The Labute approximate surface area is 111 Å². The summed E-state index contributed by atoms with van der Waals surface area (Å²) in [6.45, 7) is 0. The molecule has 0 aliphatic heterocycles. The smallest absolute Gasteiger partial charge is 0.0445 e. The molecule has 3 heteroatoms. The van der Waals surface area contributed by atoms with Gasteiger partial charge < -0.3 is 0 Å². The fourth-order valence-electron chi connectivity index (χ4n) is 1.65. The highest BCUT2D eigenvalue weighted by Crippen LogP contribution is 2.32. The fourth-order valence-corrected chi connectivity index (χ4v) is 3.76. The van der Waals surface area contributed by atoms with Gasteiger partial charge in [-0.05, 0) is 48.6 Å². The third-order valence-corrected chi connectivity index (χ3v) is 5.03. The van der Waals surface area contributed by atoms with Crippen molar-refractivity contribution in [3.63, 3.8) is 0 Å². The minimum absolute atomic E-state index is 1.02. The Morgan fingerprint density at radius 3 is 2.69 bits per heavy atom. The number of hydrogen-bond acceptors (Lipinski definition) is 3. The first-order valence-corrected chi connectivity index (χ1v) is 7.96. The first-order chi connectivity index (χ1) is 7.90. The van der Waals surface area contributed by atoms with Crippen molar-refractivity contribution in [2.45, 2.75) is 25.7 Å². The highest BCUT2D eigenvalue weighted by atomic mass is 32.1. The van der Waals surface area contributed by atoms with Crippen LogP contribution in [0.15, 0.2) is 29.6 Å². The number of hydrogen-bond donors (Lipinski definition) is 1. The van der Waals surface area contributed by atoms with E-state index in [1.165, 1.54) is 40.3 Å². The van der Waals surface area contributed by atoms with Crippen molar-refractivity contribution in [2.24, 2.45) is 0 Å². The Kier molecular flexibility index (Phi) is 4.94. The summed E-state index contributed by atoms with van der Waals surface area (Å²) in [4.78, 5) is 4.33. The van der Waals surface area contributed by atoms with Crippen molar-refractivity contribution in [2.75, 3.05) is 5.75 Å². The zero-order chi connectivity index (χ0) is 11.2. The van der Waals surface area contributed by atoms with Crippen LogP contribution in [0.5, 0.6) is 0 Å². The van der Waals surface area contributed by atoms with Gasteiger partial charge in [0, 0.05) is 14.6 Å². The maximum absolute atomic E-state index is 4.23. The van der Waals surface area contributed by atoms with Gasteiger partial charge in [-0.25, -0.2) is 0 Å². The summed E-state index contributed by atoms with van der Waals surface area (Å²) < 4.78 is 0. The van der Waals surface area contributed by atoms with Gasteiger partial charge in [0.25, 0.3) is 0 Å². The predicted octanol–water partition coefficient (Wildman–Crippen LogP) is 5.12. The molecule has 16 heavy (non-hydrogen) atoms. The molecule has 0 radical (unpaired) electrons. The number of unbranched alkanes of at least 4 members (excludes halogenated alkanes) is 2. The Morgan fingerprint density at radius 1 is 1.00 bits per heavy atom. The second kappa shape index (κ2) is 6.48. The van der Waals surface area contributed by atoms with Crippen LogP contribution in [0.2, 0.25) is 0 Å². The lowest BCUT2D eigenvalue weighted by Crippen LogP contribution is -1.82. The van der Waals surface area contributed by atoms with Gasteiger partial charge in [0.1, 0.15) is 0 Å². The van der Waals surface area contributed by atoms with E-state index in [1.54, 1.807) is 0 Å². The zero-order valence-electron chi connectivity index (χ0n) is 9.19. The van der Waals surface area contributed by atoms with Crippen molar-refractivity contribution < 1.29 is 0 Å². The topological polar surface area (TPSA) is 0 Å². The largest absolute Gasteiger partial charge is 0.179 e. The van der Waals surface area contributed by atoms with Crippen LogP contribution >= 0.6 is 35.3 Å². The molecule has 0 saturated carbocycles. The molecular weight excluding hydrogens is 252 g/mol. The average Bonchev–Trinajstić information content (AvgIpc) is 2.94. The van der Waals surface area contributed by atoms with E-state index in [4.69, 9.17) is 0 Å². The Morgan fingerprint density at radius 2 is 1.94 bits per heavy atom. The average molecular weight is 268 g/mol. The van der Waals surface area contributed by atoms with Crippen LogP contribution in [0, 0.1) is 0 Å². The number of aryl methyl sites for hydroxylation is 1. The Bertz CT molecular complexity index is 400. The summed E-state index contributed by atoms with van der Waals surface area (Å²) in [5, 5.41) is 2.14. The predicted molar refractivity (Wildman–Crippen MR) is 79.0 cm³/mol. The molecule has 86 valence electrons. The minimum Gasteiger partial charge on any atom is -0.179 e. The number of thiol groups is 1. The van der Waals surface area contributed by atoms with Gasteiger partial charge in [0.15, 0.2) is 0 Å². The Balaban J connectivity index is 1.88. The standard InChI is InChI=1S/C13H16S3/c14-9-3-1-2-5-11-7-8-13(16-11)12-6-4-10-15-12/h4,6-8,10,14H,1-3,5,9H2. The normalized spacial score (nSPS) is 10.8. The molecule has 0 nitrogen and oxygen atoms in total. The van der Waals surface area contributed by atoms with Gasteiger partial charge in [-0.1, -0.05) is 12.5 Å². The molecular formula is C13H16S3. The summed E-state index contributed by atoms with van der Waals surface area (Å²) in [6, 6.07) is 8.85. The maximum Gasteiger partial charge on any atom is 0.0445 e. The van der Waals surface area contributed by atoms with Gasteiger partial charge in [-0.2, -0.15) is 12.6 Å². The first-order valence-electron chi connectivity index (χ1n) is 5.63. The van der Waals surface area contributed by atoms with E-state index < -0.39 is 0 Å². The molecule has 0 aromatic carbocycles. The van der Waals surface area contributed by atoms with E-state index in [0.29, 0.717) is 0 Å². The monoisotopic (exact) mass is 268 g/mol. The highest BCUT2D eigenvalue weighted by Gasteiger charge is 2.03. The van der Waals surface area contributed by atoms with Crippen LogP contribution in [0.1, 0.15) is 24.1 Å². The lowest BCUT2D eigenvalue weighted by molar-refractivity contribution is 0.729. The second-order valence-corrected chi connectivity index (χ2v) is 6.34. The molecule has 0 aliphatic rings.